The van der Waals surface area contributed by atoms with Crippen LogP contribution in [-0.2, 0) is 20.7 Å². The molecule has 0 bridgehead atoms. The van der Waals surface area contributed by atoms with Crippen LogP contribution in [0.25, 0.3) is 15.9 Å². The average Bonchev–Trinajstić information content (AvgIpc) is 3.20. The van der Waals surface area contributed by atoms with E-state index in [0.717, 1.165) is 42.3 Å². The van der Waals surface area contributed by atoms with Crippen molar-refractivity contribution in [1.29, 1.82) is 0 Å². The van der Waals surface area contributed by atoms with Crippen molar-refractivity contribution >= 4 is 16.9 Å². The number of ether oxygens (including phenoxy) is 2. The molecule has 1 saturated carbocycles. The maximum Gasteiger partial charge on any atom is 0.311 e. The van der Waals surface area contributed by atoms with E-state index in [-0.39, 0.29) is 23.9 Å². The fourth-order valence-corrected chi connectivity index (χ4v) is 5.74. The predicted molar refractivity (Wildman–Crippen MR) is 126 cm³/mol. The molecule has 0 amide bonds. The van der Waals surface area contributed by atoms with Crippen molar-refractivity contribution < 1.29 is 19.4 Å². The maximum absolute atomic E-state index is 12.8. The minimum Gasteiger partial charge on any atom is -0.469 e. The molecule has 1 aliphatic carbocycles. The number of aromatic nitrogens is 1. The molecule has 7 nitrogen and oxygen atoms in total. The highest BCUT2D eigenvalue weighted by atomic mass is 16.5. The number of methoxy groups -OCH3 is 1. The van der Waals surface area contributed by atoms with Crippen LogP contribution in [0.4, 0.5) is 0 Å². The van der Waals surface area contributed by atoms with E-state index in [1.165, 1.54) is 12.7 Å². The zero-order chi connectivity index (χ0) is 23.4. The average molecular weight is 454 g/mol. The number of carbonyl (C=O) groups is 1. The summed E-state index contributed by atoms with van der Waals surface area (Å²) in [4.78, 5) is 20.2. The first-order valence-electron chi connectivity index (χ1n) is 12.2. The summed E-state index contributed by atoms with van der Waals surface area (Å²) in [5, 5.41) is 13.8. The van der Waals surface area contributed by atoms with Gasteiger partial charge in [0.15, 0.2) is 0 Å². The van der Waals surface area contributed by atoms with Crippen molar-refractivity contribution in [2.75, 3.05) is 26.8 Å². The largest absolute Gasteiger partial charge is 0.469 e. The number of para-hydroxylation sites is 1. The number of esters is 1. The normalized spacial score (nSPS) is 27.9. The molecule has 1 aromatic heterocycles. The third-order valence-electron chi connectivity index (χ3n) is 7.47. The molecule has 0 saturated heterocycles. The molecule has 1 aromatic carbocycles. The Hall–Kier alpha value is -2.56. The fraction of sp³-hybridized carbons (Fsp3) is 0.615. The van der Waals surface area contributed by atoms with Crippen molar-refractivity contribution in [3.8, 4) is 0 Å². The summed E-state index contributed by atoms with van der Waals surface area (Å²) >= 11 is 0. The van der Waals surface area contributed by atoms with Gasteiger partial charge in [-0.3, -0.25) is 4.79 Å². The summed E-state index contributed by atoms with van der Waals surface area (Å²) < 4.78 is 11.6. The molecule has 1 aliphatic heterocycles. The molecule has 2 heterocycles. The van der Waals surface area contributed by atoms with Gasteiger partial charge >= 0.3 is 5.97 Å². The Morgan fingerprint density at radius 3 is 2.91 bits per heavy atom. The number of benzene rings is 1. The van der Waals surface area contributed by atoms with Crippen LogP contribution in [0, 0.1) is 24.3 Å². The van der Waals surface area contributed by atoms with Crippen LogP contribution < -0.4 is 0 Å². The fourth-order valence-electron chi connectivity index (χ4n) is 5.74. The summed E-state index contributed by atoms with van der Waals surface area (Å²) in [6.45, 7) is 11.7. The highest BCUT2D eigenvalue weighted by Crippen LogP contribution is 2.44. The number of hydrogen-bond donors (Lipinski definition) is 2. The summed E-state index contributed by atoms with van der Waals surface area (Å²) in [6.07, 6.45) is 3.77. The third-order valence-corrected chi connectivity index (χ3v) is 7.47. The second-order valence-electron chi connectivity index (χ2n) is 9.39. The van der Waals surface area contributed by atoms with Gasteiger partial charge in [-0.1, -0.05) is 31.5 Å². The number of hydrogen-bond acceptors (Lipinski definition) is 5. The van der Waals surface area contributed by atoms with Gasteiger partial charge in [-0.2, -0.15) is 11.5 Å². The molecule has 33 heavy (non-hydrogen) atoms. The number of H-pyrrole nitrogens is 1. The van der Waals surface area contributed by atoms with E-state index in [9.17, 15) is 9.90 Å². The molecule has 1 fully saturated rings. The molecule has 178 valence electrons. The Bertz CT molecular complexity index is 997. The third kappa shape index (κ3) is 4.87. The lowest BCUT2D eigenvalue weighted by Crippen LogP contribution is -2.47. The molecule has 2 aromatic rings. The molecule has 4 rings (SSSR count). The maximum atomic E-state index is 12.8. The Morgan fingerprint density at radius 1 is 1.33 bits per heavy atom. The standard InChI is InChI=1S/C26H35N3O4/c1-4-5-14-33-23-15-20-17(10-11-22(30)24(20)26(31)32-3)16-29(27-2)13-12-19-18-8-6-7-9-21(18)28-25(19)23/h6-9,17,20,22-24,28,30H,4-5,10-16H2,1,3H3/t17-,20-,22-,23+,24+/m0/s1. The number of aliphatic hydroxyl groups excluding tert-OH is 1. The van der Waals surface area contributed by atoms with Crippen molar-refractivity contribution in [3.05, 3.63) is 47.0 Å². The Balaban J connectivity index is 1.79. The molecule has 2 N–H and O–H groups in total. The summed E-state index contributed by atoms with van der Waals surface area (Å²) in [6, 6.07) is 8.24. The number of nitrogens with zero attached hydrogens (tertiary/aromatic N) is 2. The zero-order valence-corrected chi connectivity index (χ0v) is 19.6. The predicted octanol–water partition coefficient (Wildman–Crippen LogP) is 4.28. The minimum absolute atomic E-state index is 0.120. The van der Waals surface area contributed by atoms with E-state index in [0.29, 0.717) is 32.5 Å². The van der Waals surface area contributed by atoms with Crippen LogP contribution in [0.5, 0.6) is 0 Å². The van der Waals surface area contributed by atoms with Crippen LogP contribution in [0.3, 0.4) is 0 Å². The van der Waals surface area contributed by atoms with Gasteiger partial charge in [-0.05, 0) is 55.6 Å². The summed E-state index contributed by atoms with van der Waals surface area (Å²) in [5.41, 5.74) is 3.29. The number of nitrogens with one attached hydrogen (secondary N) is 1. The topological polar surface area (TPSA) is 79.2 Å². The van der Waals surface area contributed by atoms with Gasteiger partial charge < -0.3 is 19.6 Å². The van der Waals surface area contributed by atoms with Gasteiger partial charge in [-0.25, -0.2) is 0 Å². The molecule has 2 aliphatic rings. The second-order valence-corrected chi connectivity index (χ2v) is 9.39. The van der Waals surface area contributed by atoms with Crippen molar-refractivity contribution in [2.45, 2.75) is 57.7 Å². The quantitative estimate of drug-likeness (QED) is 0.401. The molecule has 0 spiro atoms. The van der Waals surface area contributed by atoms with Gasteiger partial charge in [0.1, 0.15) is 0 Å². The van der Waals surface area contributed by atoms with Crippen molar-refractivity contribution in [2.24, 2.45) is 17.8 Å². The lowest BCUT2D eigenvalue weighted by atomic mass is 9.67. The van der Waals surface area contributed by atoms with Crippen LogP contribution in [0.15, 0.2) is 24.3 Å². The van der Waals surface area contributed by atoms with E-state index in [1.807, 2.05) is 12.1 Å². The SMILES string of the molecule is [C-]#[N+]N1CCc2c([nH]c3ccccc23)[C@H](OCCCC)C[C@H]2[C@@H](CC[C@H](O)[C@@H]2C(=O)OC)C1. The summed E-state index contributed by atoms with van der Waals surface area (Å²) in [7, 11) is 1.38. The van der Waals surface area contributed by atoms with Crippen LogP contribution >= 0.6 is 0 Å². The molecule has 0 unspecified atom stereocenters. The van der Waals surface area contributed by atoms with Gasteiger partial charge in [0, 0.05) is 23.2 Å². The molecular weight excluding hydrogens is 418 g/mol. The van der Waals surface area contributed by atoms with E-state index in [4.69, 9.17) is 16.0 Å². The highest BCUT2D eigenvalue weighted by Gasteiger charge is 2.46. The molecular formula is C26H35N3O4. The second kappa shape index (κ2) is 10.6. The summed E-state index contributed by atoms with van der Waals surface area (Å²) in [5.74, 6) is -0.983. The van der Waals surface area contributed by atoms with E-state index in [1.54, 1.807) is 5.01 Å². The van der Waals surface area contributed by atoms with Gasteiger partial charge in [0.25, 0.3) is 0 Å². The van der Waals surface area contributed by atoms with E-state index >= 15 is 0 Å². The van der Waals surface area contributed by atoms with Crippen LogP contribution in [0.1, 0.15) is 56.4 Å². The first-order chi connectivity index (χ1) is 16.1. The van der Waals surface area contributed by atoms with Crippen LogP contribution in [-0.4, -0.2) is 54.0 Å². The molecule has 0 radical (unpaired) electrons. The van der Waals surface area contributed by atoms with Crippen molar-refractivity contribution in [1.82, 2.24) is 9.99 Å². The lowest BCUT2D eigenvalue weighted by molar-refractivity contribution is -0.158. The van der Waals surface area contributed by atoms with E-state index < -0.39 is 12.0 Å². The Morgan fingerprint density at radius 2 is 2.15 bits per heavy atom. The van der Waals surface area contributed by atoms with Gasteiger partial charge in [-0.15, -0.1) is 5.01 Å². The van der Waals surface area contributed by atoms with Crippen LogP contribution in [0.2, 0.25) is 0 Å². The number of rotatable bonds is 5. The highest BCUT2D eigenvalue weighted by molar-refractivity contribution is 5.84. The Labute approximate surface area is 195 Å². The van der Waals surface area contributed by atoms with Crippen molar-refractivity contribution in [3.63, 3.8) is 0 Å². The van der Waals surface area contributed by atoms with E-state index in [2.05, 4.69) is 29.0 Å². The zero-order valence-electron chi connectivity index (χ0n) is 19.6. The molecule has 5 atom stereocenters. The van der Waals surface area contributed by atoms with Gasteiger partial charge in [0.2, 0.25) is 0 Å². The Kier molecular flexibility index (Phi) is 7.56. The molecule has 7 heteroatoms. The first kappa shape index (κ1) is 23.6. The smallest absolute Gasteiger partial charge is 0.311 e. The number of carbonyl (C=O) groups excluding carboxylic acids is 1. The minimum atomic E-state index is -0.735. The van der Waals surface area contributed by atoms with Gasteiger partial charge in [0.05, 0.1) is 38.3 Å². The number of aromatic amines is 1. The monoisotopic (exact) mass is 453 g/mol. The first-order valence-corrected chi connectivity index (χ1v) is 12.2. The lowest BCUT2D eigenvalue weighted by Gasteiger charge is -2.41. The number of unbranched alkanes of at least 4 members (excludes halogenated alkanes) is 1. The number of aliphatic hydroxyl groups is 1. The number of fused-ring (bicyclic) bond motifs is 4.